The van der Waals surface area contributed by atoms with Crippen LogP contribution in [0.4, 0.5) is 25.0 Å². The molecule has 1 aliphatic rings. The van der Waals surface area contributed by atoms with E-state index >= 15 is 0 Å². The minimum Gasteiger partial charge on any atom is -0.479 e. The molecule has 0 heterocycles. The number of carbonyl (C=O) groups is 3. The van der Waals surface area contributed by atoms with Gasteiger partial charge < -0.3 is 15.7 Å². The fourth-order valence-corrected chi connectivity index (χ4v) is 4.72. The van der Waals surface area contributed by atoms with Crippen LogP contribution < -0.4 is 15.5 Å². The van der Waals surface area contributed by atoms with E-state index in [2.05, 4.69) is 22.8 Å². The monoisotopic (exact) mass is 535 g/mol. The molecule has 9 heteroatoms. The normalized spacial score (nSPS) is 14.3. The van der Waals surface area contributed by atoms with Crippen LogP contribution in [0.2, 0.25) is 0 Å². The largest absolute Gasteiger partial charge is 0.479 e. The van der Waals surface area contributed by atoms with Gasteiger partial charge in [-0.1, -0.05) is 49.6 Å². The van der Waals surface area contributed by atoms with Crippen molar-refractivity contribution >= 4 is 29.3 Å². The van der Waals surface area contributed by atoms with Gasteiger partial charge in [-0.2, -0.15) is 0 Å². The number of aliphatic carboxylic acids is 1. The molecular formula is C30H31F2N3O4. The first kappa shape index (κ1) is 27.8. The number of nitrogens with one attached hydrogen (secondary N) is 2. The summed E-state index contributed by atoms with van der Waals surface area (Å²) >= 11 is 0. The molecule has 4 rings (SSSR count). The molecule has 39 heavy (non-hydrogen) atoms. The Labute approximate surface area is 225 Å². The Morgan fingerprint density at radius 2 is 1.64 bits per heavy atom. The Kier molecular flexibility index (Phi) is 9.25. The first-order chi connectivity index (χ1) is 18.8. The van der Waals surface area contributed by atoms with Crippen molar-refractivity contribution in [2.24, 2.45) is 0 Å². The first-order valence-electron chi connectivity index (χ1n) is 13.0. The lowest BCUT2D eigenvalue weighted by Crippen LogP contribution is -2.35. The standard InChI is InChI=1S/C30H31F2N3O4/c31-24-7-4-8-25(17-24)34-30(39)35(26-15-13-22(14-16-26)21-5-2-1-3-6-21)19-20-9-11-23(12-10-20)28(36)33-18-27(32)29(37)38/h4,7-17,21,27H,1-3,5-6,18-19H2,(H,33,36)(H,34,39)(H,37,38). The van der Waals surface area contributed by atoms with Crippen molar-refractivity contribution in [3.63, 3.8) is 0 Å². The Morgan fingerprint density at radius 3 is 2.28 bits per heavy atom. The van der Waals surface area contributed by atoms with Crippen LogP contribution >= 0.6 is 0 Å². The van der Waals surface area contributed by atoms with Crippen LogP contribution in [0, 0.1) is 5.82 Å². The molecule has 1 saturated carbocycles. The number of alkyl halides is 1. The van der Waals surface area contributed by atoms with Gasteiger partial charge in [-0.15, -0.1) is 0 Å². The molecule has 1 fully saturated rings. The molecule has 3 amide bonds. The predicted molar refractivity (Wildman–Crippen MR) is 145 cm³/mol. The number of carbonyl (C=O) groups excluding carboxylic acids is 2. The second-order valence-corrected chi connectivity index (χ2v) is 9.67. The van der Waals surface area contributed by atoms with Crippen LogP contribution in [-0.4, -0.2) is 35.7 Å². The van der Waals surface area contributed by atoms with E-state index in [1.54, 1.807) is 18.2 Å². The Bertz CT molecular complexity index is 1290. The average Bonchev–Trinajstić information content (AvgIpc) is 2.95. The lowest BCUT2D eigenvalue weighted by molar-refractivity contribution is -0.142. The maximum absolute atomic E-state index is 13.7. The third kappa shape index (κ3) is 7.63. The van der Waals surface area contributed by atoms with Crippen molar-refractivity contribution in [3.05, 3.63) is 95.3 Å². The second-order valence-electron chi connectivity index (χ2n) is 9.67. The zero-order valence-electron chi connectivity index (χ0n) is 21.4. The van der Waals surface area contributed by atoms with Crippen LogP contribution in [0.15, 0.2) is 72.8 Å². The quantitative estimate of drug-likeness (QED) is 0.301. The maximum Gasteiger partial charge on any atom is 0.340 e. The fraction of sp³-hybridized carbons (Fsp3) is 0.300. The molecule has 0 aliphatic heterocycles. The number of urea groups is 1. The van der Waals surface area contributed by atoms with Crippen molar-refractivity contribution in [2.45, 2.75) is 50.7 Å². The van der Waals surface area contributed by atoms with E-state index in [4.69, 9.17) is 5.11 Å². The van der Waals surface area contributed by atoms with E-state index < -0.39 is 36.4 Å². The second kappa shape index (κ2) is 13.0. The van der Waals surface area contributed by atoms with Gasteiger partial charge in [-0.05, 0) is 72.4 Å². The zero-order chi connectivity index (χ0) is 27.8. The number of nitrogens with zero attached hydrogens (tertiary/aromatic N) is 1. The van der Waals surface area contributed by atoms with Gasteiger partial charge in [0, 0.05) is 16.9 Å². The van der Waals surface area contributed by atoms with E-state index in [0.717, 1.165) is 12.8 Å². The molecule has 1 unspecified atom stereocenters. The number of benzene rings is 3. The summed E-state index contributed by atoms with van der Waals surface area (Å²) < 4.78 is 27.0. The smallest absolute Gasteiger partial charge is 0.340 e. The SMILES string of the molecule is O=C(NCC(F)C(=O)O)c1ccc(CN(C(=O)Nc2cccc(F)c2)c2ccc(C3CCCCC3)cc2)cc1. The maximum atomic E-state index is 13.7. The first-order valence-corrected chi connectivity index (χ1v) is 13.0. The van der Waals surface area contributed by atoms with Crippen molar-refractivity contribution in [2.75, 3.05) is 16.8 Å². The number of amides is 3. The van der Waals surface area contributed by atoms with Crippen LogP contribution in [0.25, 0.3) is 0 Å². The number of rotatable bonds is 9. The van der Waals surface area contributed by atoms with Gasteiger partial charge in [-0.3, -0.25) is 9.69 Å². The molecule has 204 valence electrons. The van der Waals surface area contributed by atoms with Crippen LogP contribution in [0.1, 0.15) is 59.5 Å². The van der Waals surface area contributed by atoms with Gasteiger partial charge in [0.2, 0.25) is 6.17 Å². The highest BCUT2D eigenvalue weighted by Crippen LogP contribution is 2.33. The fourth-order valence-electron chi connectivity index (χ4n) is 4.72. The van der Waals surface area contributed by atoms with Crippen molar-refractivity contribution in [3.8, 4) is 0 Å². The summed E-state index contributed by atoms with van der Waals surface area (Å²) in [6.07, 6.45) is 3.83. The minimum atomic E-state index is -2.19. The molecule has 0 spiro atoms. The molecule has 1 atom stereocenters. The summed E-state index contributed by atoms with van der Waals surface area (Å²) in [6.45, 7) is -0.474. The number of carboxylic acid groups (broad SMARTS) is 1. The summed E-state index contributed by atoms with van der Waals surface area (Å²) in [4.78, 5) is 37.7. The molecule has 0 bridgehead atoms. The predicted octanol–water partition coefficient (Wildman–Crippen LogP) is 6.26. The number of hydrogen-bond donors (Lipinski definition) is 3. The Morgan fingerprint density at radius 1 is 0.949 bits per heavy atom. The van der Waals surface area contributed by atoms with Gasteiger partial charge in [0.25, 0.3) is 5.91 Å². The van der Waals surface area contributed by atoms with Crippen LogP contribution in [0.5, 0.6) is 0 Å². The van der Waals surface area contributed by atoms with Gasteiger partial charge in [0.05, 0.1) is 13.1 Å². The number of hydrogen-bond acceptors (Lipinski definition) is 3. The number of anilines is 2. The van der Waals surface area contributed by atoms with Gasteiger partial charge in [-0.25, -0.2) is 18.4 Å². The molecule has 3 aromatic carbocycles. The molecule has 0 aromatic heterocycles. The average molecular weight is 536 g/mol. The molecule has 0 saturated heterocycles. The summed E-state index contributed by atoms with van der Waals surface area (Å²) in [7, 11) is 0. The topological polar surface area (TPSA) is 98.7 Å². The lowest BCUT2D eigenvalue weighted by Gasteiger charge is -2.26. The summed E-state index contributed by atoms with van der Waals surface area (Å²) in [5.74, 6) is -2.20. The van der Waals surface area contributed by atoms with E-state index in [9.17, 15) is 23.2 Å². The highest BCUT2D eigenvalue weighted by atomic mass is 19.1. The highest BCUT2D eigenvalue weighted by Gasteiger charge is 2.20. The van der Waals surface area contributed by atoms with E-state index in [-0.39, 0.29) is 12.1 Å². The van der Waals surface area contributed by atoms with Gasteiger partial charge in [0.15, 0.2) is 0 Å². The molecule has 1 aliphatic carbocycles. The number of halogens is 2. The van der Waals surface area contributed by atoms with E-state index in [1.165, 1.54) is 60.1 Å². The lowest BCUT2D eigenvalue weighted by atomic mass is 9.84. The minimum absolute atomic E-state index is 0.164. The number of carboxylic acids is 1. The highest BCUT2D eigenvalue weighted by molar-refractivity contribution is 6.01. The van der Waals surface area contributed by atoms with Crippen LogP contribution in [-0.2, 0) is 11.3 Å². The molecule has 3 N–H and O–H groups in total. The Balaban J connectivity index is 1.51. The van der Waals surface area contributed by atoms with Crippen molar-refractivity contribution in [1.82, 2.24) is 5.32 Å². The Hall–Kier alpha value is -4.27. The molecule has 7 nitrogen and oxygen atoms in total. The third-order valence-electron chi connectivity index (χ3n) is 6.87. The van der Waals surface area contributed by atoms with Gasteiger partial charge in [0.1, 0.15) is 5.82 Å². The van der Waals surface area contributed by atoms with Gasteiger partial charge >= 0.3 is 12.0 Å². The van der Waals surface area contributed by atoms with Crippen molar-refractivity contribution < 1.29 is 28.3 Å². The molecule has 3 aromatic rings. The molecular weight excluding hydrogens is 504 g/mol. The summed E-state index contributed by atoms with van der Waals surface area (Å²) in [5, 5.41) is 13.6. The van der Waals surface area contributed by atoms with Crippen LogP contribution in [0.3, 0.4) is 0 Å². The van der Waals surface area contributed by atoms with E-state index in [0.29, 0.717) is 22.9 Å². The van der Waals surface area contributed by atoms with Crippen molar-refractivity contribution in [1.29, 1.82) is 0 Å². The summed E-state index contributed by atoms with van der Waals surface area (Å²) in [6, 6.07) is 19.5. The van der Waals surface area contributed by atoms with E-state index in [1.807, 2.05) is 12.1 Å². The molecule has 0 radical (unpaired) electrons. The zero-order valence-corrected chi connectivity index (χ0v) is 21.4. The third-order valence-corrected chi connectivity index (χ3v) is 6.87. The summed E-state index contributed by atoms with van der Waals surface area (Å²) in [5.41, 5.74) is 3.17.